The molecule has 0 aromatic heterocycles. The highest BCUT2D eigenvalue weighted by Crippen LogP contribution is 2.57. The van der Waals surface area contributed by atoms with Crippen LogP contribution in [0.3, 0.4) is 0 Å². The van der Waals surface area contributed by atoms with E-state index in [1.54, 1.807) is 11.1 Å². The molecular formula is C13H14. The molecular weight excluding hydrogens is 156 g/mol. The number of hydrogen-bond donors (Lipinski definition) is 0. The van der Waals surface area contributed by atoms with Gasteiger partial charge < -0.3 is 0 Å². The molecule has 0 radical (unpaired) electrons. The molecule has 0 unspecified atom stereocenters. The molecule has 0 amide bonds. The second kappa shape index (κ2) is 2.25. The zero-order valence-electron chi connectivity index (χ0n) is 7.84. The van der Waals surface area contributed by atoms with Crippen LogP contribution in [0.5, 0.6) is 0 Å². The topological polar surface area (TPSA) is 0 Å². The minimum Gasteiger partial charge on any atom is -0.0989 e. The lowest BCUT2D eigenvalue weighted by Crippen LogP contribution is -2.18. The molecule has 66 valence electrons. The van der Waals surface area contributed by atoms with Gasteiger partial charge in [0, 0.05) is 5.41 Å². The van der Waals surface area contributed by atoms with E-state index in [9.17, 15) is 0 Å². The summed E-state index contributed by atoms with van der Waals surface area (Å²) >= 11 is 0. The number of fused-ring (bicyclic) bond motifs is 2. The van der Waals surface area contributed by atoms with Crippen LogP contribution in [0.2, 0.25) is 0 Å². The molecule has 0 nitrogen and oxygen atoms in total. The van der Waals surface area contributed by atoms with Crippen LogP contribution in [0, 0.1) is 0 Å². The molecule has 0 heterocycles. The maximum absolute atomic E-state index is 4.23. The monoisotopic (exact) mass is 170 g/mol. The Morgan fingerprint density at radius 2 is 1.85 bits per heavy atom. The lowest BCUT2D eigenvalue weighted by molar-refractivity contribution is 0.693. The van der Waals surface area contributed by atoms with Crippen LogP contribution in [0.1, 0.15) is 30.4 Å². The van der Waals surface area contributed by atoms with Crippen molar-refractivity contribution in [3.05, 3.63) is 47.5 Å². The molecule has 1 fully saturated rings. The Balaban J connectivity index is 2.20. The predicted molar refractivity (Wildman–Crippen MR) is 54.8 cm³/mol. The summed E-state index contributed by atoms with van der Waals surface area (Å²) in [5, 5.41) is 0. The average Bonchev–Trinajstić information content (AvgIpc) is 2.94. The standard InChI is InChI=1S/C13H14/c1-10-6-7-11-4-2-3-5-12(11)13(10)8-9-13/h2-5H,1,6-9H2. The molecule has 0 saturated heterocycles. The van der Waals surface area contributed by atoms with Crippen molar-refractivity contribution in [2.75, 3.05) is 0 Å². The highest BCUT2D eigenvalue weighted by molar-refractivity contribution is 5.49. The zero-order valence-corrected chi connectivity index (χ0v) is 7.84. The number of aryl methyl sites for hydroxylation is 1. The molecule has 1 saturated carbocycles. The third kappa shape index (κ3) is 0.861. The number of benzene rings is 1. The summed E-state index contributed by atoms with van der Waals surface area (Å²) in [6, 6.07) is 8.90. The maximum Gasteiger partial charge on any atom is 0.0162 e. The van der Waals surface area contributed by atoms with E-state index >= 15 is 0 Å². The van der Waals surface area contributed by atoms with E-state index in [-0.39, 0.29) is 0 Å². The first-order valence-corrected chi connectivity index (χ1v) is 5.10. The third-order valence-corrected chi connectivity index (χ3v) is 3.66. The predicted octanol–water partition coefficient (Wildman–Crippen LogP) is 3.22. The second-order valence-corrected chi connectivity index (χ2v) is 4.34. The molecule has 3 rings (SSSR count). The van der Waals surface area contributed by atoms with Gasteiger partial charge in [0.15, 0.2) is 0 Å². The van der Waals surface area contributed by atoms with Crippen LogP contribution in [-0.2, 0) is 11.8 Å². The van der Waals surface area contributed by atoms with Gasteiger partial charge in [-0.25, -0.2) is 0 Å². The summed E-state index contributed by atoms with van der Waals surface area (Å²) < 4.78 is 0. The Bertz CT molecular complexity index is 369. The van der Waals surface area contributed by atoms with E-state index in [0.717, 1.165) is 0 Å². The Kier molecular flexibility index (Phi) is 1.28. The molecule has 1 aromatic carbocycles. The fourth-order valence-electron chi connectivity index (χ4n) is 2.67. The van der Waals surface area contributed by atoms with Gasteiger partial charge in [0.1, 0.15) is 0 Å². The first-order valence-electron chi connectivity index (χ1n) is 5.10. The molecule has 1 aromatic rings. The van der Waals surface area contributed by atoms with Gasteiger partial charge in [0.25, 0.3) is 0 Å². The van der Waals surface area contributed by atoms with Gasteiger partial charge in [0.2, 0.25) is 0 Å². The van der Waals surface area contributed by atoms with Crippen molar-refractivity contribution in [3.8, 4) is 0 Å². The minimum atomic E-state index is 0.425. The highest BCUT2D eigenvalue weighted by atomic mass is 14.5. The summed E-state index contributed by atoms with van der Waals surface area (Å²) in [4.78, 5) is 0. The number of hydrogen-bond acceptors (Lipinski definition) is 0. The maximum atomic E-state index is 4.23. The van der Waals surface area contributed by atoms with Crippen LogP contribution in [0.25, 0.3) is 0 Å². The molecule has 0 bridgehead atoms. The van der Waals surface area contributed by atoms with E-state index in [1.165, 1.54) is 31.3 Å². The Hall–Kier alpha value is -1.04. The number of rotatable bonds is 0. The molecule has 0 heteroatoms. The first kappa shape index (κ1) is 7.37. The van der Waals surface area contributed by atoms with Gasteiger partial charge in [0.05, 0.1) is 0 Å². The van der Waals surface area contributed by atoms with Gasteiger partial charge in [-0.2, -0.15) is 0 Å². The average molecular weight is 170 g/mol. The van der Waals surface area contributed by atoms with Gasteiger partial charge >= 0.3 is 0 Å². The van der Waals surface area contributed by atoms with E-state index in [2.05, 4.69) is 30.8 Å². The molecule has 2 aliphatic carbocycles. The summed E-state index contributed by atoms with van der Waals surface area (Å²) in [6.45, 7) is 4.23. The molecule has 0 N–H and O–H groups in total. The van der Waals surface area contributed by atoms with Crippen LogP contribution in [0.15, 0.2) is 36.4 Å². The van der Waals surface area contributed by atoms with Crippen LogP contribution < -0.4 is 0 Å². The van der Waals surface area contributed by atoms with Crippen LogP contribution in [-0.4, -0.2) is 0 Å². The van der Waals surface area contributed by atoms with Crippen molar-refractivity contribution in [2.45, 2.75) is 31.1 Å². The van der Waals surface area contributed by atoms with Gasteiger partial charge in [-0.15, -0.1) is 0 Å². The summed E-state index contributed by atoms with van der Waals surface area (Å²) in [5.41, 5.74) is 5.04. The molecule has 2 aliphatic rings. The largest absolute Gasteiger partial charge is 0.0989 e. The van der Waals surface area contributed by atoms with E-state index in [4.69, 9.17) is 0 Å². The van der Waals surface area contributed by atoms with Crippen molar-refractivity contribution in [1.29, 1.82) is 0 Å². The molecule has 1 spiro atoms. The van der Waals surface area contributed by atoms with E-state index in [1.807, 2.05) is 0 Å². The van der Waals surface area contributed by atoms with Crippen molar-refractivity contribution >= 4 is 0 Å². The smallest absolute Gasteiger partial charge is 0.0162 e. The van der Waals surface area contributed by atoms with Crippen molar-refractivity contribution < 1.29 is 0 Å². The van der Waals surface area contributed by atoms with Crippen molar-refractivity contribution in [1.82, 2.24) is 0 Å². The van der Waals surface area contributed by atoms with E-state index < -0.39 is 0 Å². The fourth-order valence-corrected chi connectivity index (χ4v) is 2.67. The summed E-state index contributed by atoms with van der Waals surface area (Å²) in [7, 11) is 0. The normalized spacial score (nSPS) is 22.9. The second-order valence-electron chi connectivity index (χ2n) is 4.34. The van der Waals surface area contributed by atoms with Crippen molar-refractivity contribution in [2.24, 2.45) is 0 Å². The zero-order chi connectivity index (χ0) is 8.89. The summed E-state index contributed by atoms with van der Waals surface area (Å²) in [5.74, 6) is 0. The quantitative estimate of drug-likeness (QED) is 0.524. The van der Waals surface area contributed by atoms with Crippen LogP contribution >= 0.6 is 0 Å². The third-order valence-electron chi connectivity index (χ3n) is 3.66. The van der Waals surface area contributed by atoms with Gasteiger partial charge in [-0.1, -0.05) is 36.4 Å². The number of allylic oxidation sites excluding steroid dienone is 1. The molecule has 0 atom stereocenters. The van der Waals surface area contributed by atoms with Gasteiger partial charge in [-0.05, 0) is 36.8 Å². The SMILES string of the molecule is C=C1CCc2ccccc2C12CC2. The van der Waals surface area contributed by atoms with Gasteiger partial charge in [-0.3, -0.25) is 0 Å². The Morgan fingerprint density at radius 3 is 2.62 bits per heavy atom. The Labute approximate surface area is 79.3 Å². The Morgan fingerprint density at radius 1 is 1.08 bits per heavy atom. The fraction of sp³-hybridized carbons (Fsp3) is 0.385. The highest BCUT2D eigenvalue weighted by Gasteiger charge is 2.48. The lowest BCUT2D eigenvalue weighted by Gasteiger charge is -2.27. The molecule has 0 aliphatic heterocycles. The molecule has 13 heavy (non-hydrogen) atoms. The van der Waals surface area contributed by atoms with Crippen LogP contribution in [0.4, 0.5) is 0 Å². The van der Waals surface area contributed by atoms with E-state index in [0.29, 0.717) is 5.41 Å². The minimum absolute atomic E-state index is 0.425. The lowest BCUT2D eigenvalue weighted by atomic mass is 9.77. The first-order chi connectivity index (χ1) is 6.33. The van der Waals surface area contributed by atoms with Crippen molar-refractivity contribution in [3.63, 3.8) is 0 Å². The summed E-state index contributed by atoms with van der Waals surface area (Å²) in [6.07, 6.45) is 5.08.